The van der Waals surface area contributed by atoms with E-state index in [1.165, 1.54) is 0 Å². The Labute approximate surface area is 222 Å². The molecular formula is C28H27ClO5S2. The fourth-order valence-electron chi connectivity index (χ4n) is 2.92. The lowest BCUT2D eigenvalue weighted by Gasteiger charge is -2.07. The fraction of sp³-hybridized carbons (Fsp3) is 0.143. The number of alkyl halides is 1. The Morgan fingerprint density at radius 1 is 0.611 bits per heavy atom. The zero-order valence-corrected chi connectivity index (χ0v) is 22.2. The highest BCUT2D eigenvalue weighted by Crippen LogP contribution is 2.23. The molecule has 188 valence electrons. The SMILES string of the molecule is CC(Cl)c1ccc(OS(=O)c2ccccc2)cc1.CC(O)c1ccc(OS(=O)c2ccccc2)cc1. The monoisotopic (exact) mass is 542 g/mol. The van der Waals surface area contributed by atoms with Crippen molar-refractivity contribution in [3.63, 3.8) is 0 Å². The summed E-state index contributed by atoms with van der Waals surface area (Å²) in [5.74, 6) is 1.08. The van der Waals surface area contributed by atoms with E-state index >= 15 is 0 Å². The first-order chi connectivity index (χ1) is 17.3. The van der Waals surface area contributed by atoms with Crippen LogP contribution in [-0.4, -0.2) is 13.5 Å². The molecule has 4 aromatic carbocycles. The zero-order valence-electron chi connectivity index (χ0n) is 19.8. The number of benzene rings is 4. The predicted octanol–water partition coefficient (Wildman–Crippen LogP) is 6.93. The van der Waals surface area contributed by atoms with Crippen molar-refractivity contribution in [3.05, 3.63) is 120 Å². The highest BCUT2D eigenvalue weighted by atomic mass is 35.5. The number of hydrogen-bond acceptors (Lipinski definition) is 5. The van der Waals surface area contributed by atoms with E-state index in [1.54, 1.807) is 67.6 Å². The van der Waals surface area contributed by atoms with Gasteiger partial charge in [-0.3, -0.25) is 0 Å². The molecule has 4 aromatic rings. The Morgan fingerprint density at radius 2 is 0.972 bits per heavy atom. The molecule has 0 aliphatic heterocycles. The zero-order chi connectivity index (χ0) is 25.9. The van der Waals surface area contributed by atoms with Gasteiger partial charge in [-0.1, -0.05) is 60.7 Å². The summed E-state index contributed by atoms with van der Waals surface area (Å²) >= 11 is 2.96. The maximum atomic E-state index is 11.9. The molecule has 4 atom stereocenters. The number of aliphatic hydroxyl groups is 1. The first kappa shape index (κ1) is 27.6. The van der Waals surface area contributed by atoms with Gasteiger partial charge in [-0.2, -0.15) is 0 Å². The van der Waals surface area contributed by atoms with Gasteiger partial charge < -0.3 is 13.5 Å². The van der Waals surface area contributed by atoms with Crippen molar-refractivity contribution in [3.8, 4) is 11.5 Å². The predicted molar refractivity (Wildman–Crippen MR) is 145 cm³/mol. The second kappa shape index (κ2) is 13.9. The number of halogens is 1. The summed E-state index contributed by atoms with van der Waals surface area (Å²) in [6.07, 6.45) is -0.515. The molecule has 0 bridgehead atoms. The number of hydrogen-bond donors (Lipinski definition) is 1. The molecule has 0 fully saturated rings. The van der Waals surface area contributed by atoms with Gasteiger partial charge in [0, 0.05) is 0 Å². The Hall–Kier alpha value is -2.97. The molecule has 0 amide bonds. The van der Waals surface area contributed by atoms with Crippen LogP contribution in [0.4, 0.5) is 0 Å². The molecule has 0 aliphatic rings. The average molecular weight is 543 g/mol. The topological polar surface area (TPSA) is 72.8 Å². The molecule has 0 spiro atoms. The molecule has 8 heteroatoms. The van der Waals surface area contributed by atoms with Gasteiger partial charge in [0.25, 0.3) is 0 Å². The third-order valence-electron chi connectivity index (χ3n) is 4.92. The maximum absolute atomic E-state index is 11.9. The van der Waals surface area contributed by atoms with Gasteiger partial charge >= 0.3 is 0 Å². The van der Waals surface area contributed by atoms with Crippen molar-refractivity contribution in [2.75, 3.05) is 0 Å². The van der Waals surface area contributed by atoms with E-state index in [9.17, 15) is 13.5 Å². The highest BCUT2D eigenvalue weighted by molar-refractivity contribution is 7.80. The first-order valence-corrected chi connectivity index (χ1v) is 13.7. The van der Waals surface area contributed by atoms with E-state index in [-0.39, 0.29) is 5.38 Å². The third kappa shape index (κ3) is 8.60. The highest BCUT2D eigenvalue weighted by Gasteiger charge is 2.08. The minimum absolute atomic E-state index is 0.0429. The van der Waals surface area contributed by atoms with Crippen molar-refractivity contribution >= 4 is 33.8 Å². The lowest BCUT2D eigenvalue weighted by Crippen LogP contribution is -2.01. The summed E-state index contributed by atoms with van der Waals surface area (Å²) in [6, 6.07) is 32.2. The van der Waals surface area contributed by atoms with E-state index in [4.69, 9.17) is 20.0 Å². The van der Waals surface area contributed by atoms with Crippen LogP contribution in [-0.2, 0) is 22.2 Å². The van der Waals surface area contributed by atoms with Crippen LogP contribution in [0.15, 0.2) is 119 Å². The van der Waals surface area contributed by atoms with Crippen LogP contribution in [0.5, 0.6) is 11.5 Å². The lowest BCUT2D eigenvalue weighted by molar-refractivity contribution is 0.199. The summed E-state index contributed by atoms with van der Waals surface area (Å²) in [4.78, 5) is 1.27. The summed E-state index contributed by atoms with van der Waals surface area (Å²) in [5.41, 5.74) is 1.81. The number of rotatable bonds is 8. The number of aliphatic hydroxyl groups excluding tert-OH is 1. The molecule has 0 radical (unpaired) electrons. The largest absolute Gasteiger partial charge is 0.397 e. The molecule has 0 saturated heterocycles. The van der Waals surface area contributed by atoms with E-state index < -0.39 is 28.3 Å². The molecule has 0 heterocycles. The van der Waals surface area contributed by atoms with Crippen LogP contribution < -0.4 is 8.37 Å². The second-order valence-corrected chi connectivity index (χ2v) is 10.6. The van der Waals surface area contributed by atoms with E-state index in [0.29, 0.717) is 21.3 Å². The van der Waals surface area contributed by atoms with Crippen LogP contribution in [0.3, 0.4) is 0 Å². The van der Waals surface area contributed by atoms with Gasteiger partial charge in [0.05, 0.1) is 21.3 Å². The van der Waals surface area contributed by atoms with Crippen LogP contribution >= 0.6 is 11.6 Å². The Balaban J connectivity index is 0.000000201. The normalized spacial score (nSPS) is 13.9. The van der Waals surface area contributed by atoms with E-state index in [0.717, 1.165) is 11.1 Å². The first-order valence-electron chi connectivity index (χ1n) is 11.2. The molecule has 0 saturated carbocycles. The second-order valence-electron chi connectivity index (χ2n) is 7.69. The van der Waals surface area contributed by atoms with Gasteiger partial charge in [0.15, 0.2) is 0 Å². The minimum Gasteiger partial charge on any atom is -0.397 e. The average Bonchev–Trinajstić information content (AvgIpc) is 2.90. The standard InChI is InChI=1S/C14H13ClO2S.C14H14O3S/c2*1-11(15)12-7-9-13(10-8-12)17-18(16)14-5-3-2-4-6-14/h2-11H,1H3;2-11,15H,1H3. The van der Waals surface area contributed by atoms with Crippen molar-refractivity contribution in [1.82, 2.24) is 0 Å². The summed E-state index contributed by atoms with van der Waals surface area (Å²) in [6.45, 7) is 3.59. The molecular weight excluding hydrogens is 516 g/mol. The van der Waals surface area contributed by atoms with Crippen molar-refractivity contribution in [2.45, 2.75) is 35.1 Å². The molecule has 1 N–H and O–H groups in total. The van der Waals surface area contributed by atoms with E-state index in [1.807, 2.05) is 55.5 Å². The van der Waals surface area contributed by atoms with Crippen LogP contribution in [0.1, 0.15) is 36.5 Å². The van der Waals surface area contributed by atoms with Crippen LogP contribution in [0, 0.1) is 0 Å². The third-order valence-corrected chi connectivity index (χ3v) is 7.17. The smallest absolute Gasteiger partial charge is 0.240 e. The Morgan fingerprint density at radius 3 is 1.31 bits per heavy atom. The van der Waals surface area contributed by atoms with Crippen molar-refractivity contribution < 1.29 is 21.9 Å². The van der Waals surface area contributed by atoms with Gasteiger partial charge in [-0.15, -0.1) is 11.6 Å². The molecule has 36 heavy (non-hydrogen) atoms. The van der Waals surface area contributed by atoms with Crippen molar-refractivity contribution in [2.24, 2.45) is 0 Å². The molecule has 4 rings (SSSR count). The van der Waals surface area contributed by atoms with Crippen LogP contribution in [0.2, 0.25) is 0 Å². The fourth-order valence-corrected chi connectivity index (χ4v) is 4.59. The summed E-state index contributed by atoms with van der Waals surface area (Å²) < 4.78 is 34.5. The lowest BCUT2D eigenvalue weighted by atomic mass is 10.1. The molecule has 5 nitrogen and oxygen atoms in total. The summed E-state index contributed by atoms with van der Waals surface area (Å²) in [5, 5.41) is 9.33. The Bertz CT molecular complexity index is 1150. The van der Waals surface area contributed by atoms with Gasteiger partial charge in [0.2, 0.25) is 22.2 Å². The van der Waals surface area contributed by atoms with Gasteiger partial charge in [0.1, 0.15) is 11.5 Å². The summed E-state index contributed by atoms with van der Waals surface area (Å²) in [7, 11) is 0. The van der Waals surface area contributed by atoms with Crippen molar-refractivity contribution in [1.29, 1.82) is 0 Å². The van der Waals surface area contributed by atoms with Gasteiger partial charge in [-0.05, 0) is 73.5 Å². The molecule has 0 aromatic heterocycles. The minimum atomic E-state index is -1.51. The van der Waals surface area contributed by atoms with Gasteiger partial charge in [-0.25, -0.2) is 8.42 Å². The quantitative estimate of drug-likeness (QED) is 0.244. The van der Waals surface area contributed by atoms with E-state index in [2.05, 4.69) is 0 Å². The maximum Gasteiger partial charge on any atom is 0.240 e. The molecule has 4 unspecified atom stereocenters. The molecule has 0 aliphatic carbocycles. The van der Waals surface area contributed by atoms with Crippen LogP contribution in [0.25, 0.3) is 0 Å². The Kier molecular flexibility index (Phi) is 10.7.